The summed E-state index contributed by atoms with van der Waals surface area (Å²) in [6, 6.07) is -2.53. The molecule has 2 heterocycles. The second-order valence-electron chi connectivity index (χ2n) is 5.91. The molecule has 2 aliphatic rings. The third-order valence-electron chi connectivity index (χ3n) is 3.87. The average molecular weight is 402 g/mol. The van der Waals surface area contributed by atoms with Crippen LogP contribution in [-0.2, 0) is 24.4 Å². The Kier molecular flexibility index (Phi) is 7.82. The molecule has 0 spiro atoms. The van der Waals surface area contributed by atoms with E-state index in [1.807, 2.05) is 0 Å². The first-order valence-corrected chi connectivity index (χ1v) is 9.33. The molecule has 0 aromatic rings. The zero-order valence-corrected chi connectivity index (χ0v) is 14.6. The molecule has 3 amide bonds. The van der Waals surface area contributed by atoms with Crippen LogP contribution >= 0.6 is 0 Å². The fourth-order valence-corrected chi connectivity index (χ4v) is 3.34. The number of aliphatic carboxylic acids is 1. The van der Waals surface area contributed by atoms with E-state index in [1.165, 1.54) is 6.08 Å². The number of carboxylic acid groups (broad SMARTS) is 1. The Labute approximate surface area is 166 Å². The Balaban J connectivity index is 0.00000364. The summed E-state index contributed by atoms with van der Waals surface area (Å²) < 4.78 is 35.0. The van der Waals surface area contributed by atoms with Crippen molar-refractivity contribution in [1.29, 1.82) is 0 Å². The number of rotatable bonds is 8. The van der Waals surface area contributed by atoms with Crippen LogP contribution in [0.25, 0.3) is 0 Å². The zero-order chi connectivity index (χ0) is 19.6. The maximum absolute atomic E-state index is 13.3. The number of carbonyl (C=O) groups excluding carboxylic acids is 2. The van der Waals surface area contributed by atoms with Crippen LogP contribution < -0.4 is 10.5 Å². The van der Waals surface area contributed by atoms with Crippen molar-refractivity contribution >= 4 is 46.8 Å². The number of nitrogens with two attached hydrogens (primary N) is 1. The van der Waals surface area contributed by atoms with Crippen LogP contribution in [0.2, 0.25) is 0 Å². The van der Waals surface area contributed by atoms with Crippen molar-refractivity contribution in [2.75, 3.05) is 18.8 Å². The molecule has 4 N–H and O–H groups in total. The molecule has 0 aromatic heterocycles. The van der Waals surface area contributed by atoms with Gasteiger partial charge in [0.2, 0.25) is 15.9 Å². The van der Waals surface area contributed by atoms with E-state index in [-0.39, 0.29) is 44.1 Å². The fourth-order valence-electron chi connectivity index (χ4n) is 2.80. The second-order valence-corrected chi connectivity index (χ2v) is 7.65. The number of nitrogens with one attached hydrogen (secondary N) is 1. The van der Waals surface area contributed by atoms with Gasteiger partial charge in [-0.05, 0) is 18.9 Å². The van der Waals surface area contributed by atoms with E-state index in [4.69, 9.17) is 10.2 Å². The van der Waals surface area contributed by atoms with Crippen molar-refractivity contribution in [3.05, 3.63) is 11.6 Å². The second kappa shape index (κ2) is 9.03. The zero-order valence-electron chi connectivity index (χ0n) is 13.8. The van der Waals surface area contributed by atoms with Crippen LogP contribution in [0, 0.1) is 0 Å². The molecular weight excluding hydrogens is 382 g/mol. The van der Waals surface area contributed by atoms with E-state index in [2.05, 4.69) is 10.2 Å². The molecule has 11 nitrogen and oxygen atoms in total. The molecule has 2 bridgehead atoms. The van der Waals surface area contributed by atoms with Crippen LogP contribution in [0.1, 0.15) is 13.3 Å². The van der Waals surface area contributed by atoms with Crippen molar-refractivity contribution in [3.63, 3.8) is 0 Å². The van der Waals surface area contributed by atoms with E-state index in [1.54, 1.807) is 6.92 Å². The molecule has 3 atom stereocenters. The van der Waals surface area contributed by atoms with Gasteiger partial charge < -0.3 is 15.3 Å². The average Bonchev–Trinajstić information content (AvgIpc) is 2.75. The van der Waals surface area contributed by atoms with Gasteiger partial charge in [-0.25, -0.2) is 32.4 Å². The molecule has 14 heteroatoms. The monoisotopic (exact) mass is 402 g/mol. The number of primary sulfonamides is 1. The number of hydrogen-bond donors (Lipinski definition) is 3. The molecule has 0 radical (unpaired) electrons. The first-order chi connectivity index (χ1) is 12.0. The maximum atomic E-state index is 13.3. The number of carboxylic acids is 1. The van der Waals surface area contributed by atoms with Crippen LogP contribution in [0.15, 0.2) is 11.6 Å². The number of sulfonamides is 1. The van der Waals surface area contributed by atoms with Crippen molar-refractivity contribution in [1.82, 2.24) is 15.3 Å². The SMILES string of the molecule is CC1=C[C@@H]2CN(C(=O)N2O[C@@H](F)C(=O)O)[C@@H]1C(=O)NCCCS(N)(=O)=O.[LiH]. The van der Waals surface area contributed by atoms with Crippen molar-refractivity contribution in [2.45, 2.75) is 31.8 Å². The minimum absolute atomic E-state index is 0. The summed E-state index contributed by atoms with van der Waals surface area (Å²) in [6.45, 7) is 1.66. The third kappa shape index (κ3) is 5.66. The van der Waals surface area contributed by atoms with E-state index in [9.17, 15) is 27.2 Å². The topological polar surface area (TPSA) is 159 Å². The Hall–Kier alpha value is -1.65. The van der Waals surface area contributed by atoms with Gasteiger partial charge in [-0.2, -0.15) is 5.06 Å². The molecule has 0 saturated carbocycles. The van der Waals surface area contributed by atoms with Crippen LogP contribution in [-0.4, -0.2) is 97.5 Å². The number of fused-ring (bicyclic) bond motifs is 2. The molecule has 0 aliphatic carbocycles. The summed E-state index contributed by atoms with van der Waals surface area (Å²) in [7, 11) is -3.64. The number of hydrogen-bond acceptors (Lipinski definition) is 6. The van der Waals surface area contributed by atoms with E-state index in [0.717, 1.165) is 4.90 Å². The Morgan fingerprint density at radius 3 is 2.70 bits per heavy atom. The van der Waals surface area contributed by atoms with Crippen molar-refractivity contribution in [3.8, 4) is 0 Å². The molecule has 2 rings (SSSR count). The number of nitrogens with zero attached hydrogens (tertiary/aromatic N) is 2. The van der Waals surface area contributed by atoms with Gasteiger partial charge in [0.1, 0.15) is 6.04 Å². The fraction of sp³-hybridized carbons (Fsp3) is 0.615. The molecular formula is C13H20FLiN4O7S. The Morgan fingerprint density at radius 1 is 1.52 bits per heavy atom. The first kappa shape index (κ1) is 23.4. The van der Waals surface area contributed by atoms with Crippen LogP contribution in [0.4, 0.5) is 9.18 Å². The number of carbonyl (C=O) groups is 3. The van der Waals surface area contributed by atoms with E-state index < -0.39 is 46.4 Å². The molecule has 1 saturated heterocycles. The van der Waals surface area contributed by atoms with Gasteiger partial charge in [0.15, 0.2) is 0 Å². The summed E-state index contributed by atoms with van der Waals surface area (Å²) >= 11 is 0. The molecule has 1 fully saturated rings. The number of hydroxylamine groups is 2. The van der Waals surface area contributed by atoms with Crippen LogP contribution in [0.3, 0.4) is 0 Å². The summed E-state index contributed by atoms with van der Waals surface area (Å²) in [4.78, 5) is 40.9. The van der Waals surface area contributed by atoms with Crippen LogP contribution in [0.5, 0.6) is 0 Å². The summed E-state index contributed by atoms with van der Waals surface area (Å²) in [5.74, 6) is -2.72. The first-order valence-electron chi connectivity index (χ1n) is 7.61. The number of urea groups is 1. The predicted molar refractivity (Wildman–Crippen MR) is 91.6 cm³/mol. The van der Waals surface area contributed by atoms with Gasteiger partial charge in [-0.1, -0.05) is 6.08 Å². The van der Waals surface area contributed by atoms with Gasteiger partial charge in [-0.3, -0.25) is 4.79 Å². The molecule has 148 valence electrons. The van der Waals surface area contributed by atoms with Gasteiger partial charge >= 0.3 is 37.2 Å². The minimum atomic E-state index is -3.64. The Bertz CT molecular complexity index is 747. The van der Waals surface area contributed by atoms with Gasteiger partial charge in [0, 0.05) is 6.54 Å². The number of halogens is 1. The number of alkyl halides is 1. The molecule has 0 aromatic carbocycles. The summed E-state index contributed by atoms with van der Waals surface area (Å²) in [5, 5.41) is 16.5. The standard InChI is InChI=1S/C13H19FN4O7S.Li.H/c1-7-5-8-6-17(13(22)18(8)25-10(14)12(20)21)9(7)11(19)16-3-2-4-26(15,23)24;;/h5,8-10H,2-4,6H2,1H3,(H,16,19)(H,20,21)(H2,15,23,24);;/t8-,9+,10-;;/m1../s1. The van der Waals surface area contributed by atoms with Crippen molar-refractivity contribution in [2.24, 2.45) is 5.14 Å². The normalized spacial score (nSPS) is 22.8. The summed E-state index contributed by atoms with van der Waals surface area (Å²) in [6.07, 6.45) is -1.09. The third-order valence-corrected chi connectivity index (χ3v) is 4.73. The Morgan fingerprint density at radius 2 is 2.15 bits per heavy atom. The van der Waals surface area contributed by atoms with Gasteiger partial charge in [0.25, 0.3) is 0 Å². The van der Waals surface area contributed by atoms with E-state index in [0.29, 0.717) is 10.6 Å². The van der Waals surface area contributed by atoms with Gasteiger partial charge in [-0.15, -0.1) is 0 Å². The summed E-state index contributed by atoms with van der Waals surface area (Å²) in [5.41, 5.74) is 0.496. The van der Waals surface area contributed by atoms with Crippen molar-refractivity contribution < 1.29 is 37.1 Å². The predicted octanol–water partition coefficient (Wildman–Crippen LogP) is -2.12. The molecule has 27 heavy (non-hydrogen) atoms. The van der Waals surface area contributed by atoms with E-state index >= 15 is 0 Å². The molecule has 0 unspecified atom stereocenters. The van der Waals surface area contributed by atoms with Gasteiger partial charge in [0.05, 0.1) is 18.3 Å². The quantitative estimate of drug-likeness (QED) is 0.238. The number of amides is 3. The molecule has 2 aliphatic heterocycles.